The van der Waals surface area contributed by atoms with Crippen molar-refractivity contribution in [1.82, 2.24) is 0 Å². The van der Waals surface area contributed by atoms with E-state index in [-0.39, 0.29) is 0 Å². The SMILES string of the molecule is O=C(O)[C@@H](Br)CCCOOCc1ccccc1. The zero-order chi connectivity index (χ0) is 12.5. The third kappa shape index (κ3) is 6.41. The van der Waals surface area contributed by atoms with Gasteiger partial charge in [-0.2, -0.15) is 0 Å². The van der Waals surface area contributed by atoms with Crippen LogP contribution in [-0.4, -0.2) is 22.5 Å². The number of hydrogen-bond acceptors (Lipinski definition) is 3. The Bertz CT molecular complexity index is 329. The van der Waals surface area contributed by atoms with Crippen LogP contribution in [0, 0.1) is 0 Å². The van der Waals surface area contributed by atoms with Gasteiger partial charge in [-0.15, -0.1) is 0 Å². The third-order valence-electron chi connectivity index (χ3n) is 2.10. The number of carboxylic acid groups (broad SMARTS) is 1. The van der Waals surface area contributed by atoms with Gasteiger partial charge in [0.15, 0.2) is 0 Å². The van der Waals surface area contributed by atoms with Gasteiger partial charge in [-0.1, -0.05) is 46.3 Å². The molecule has 0 radical (unpaired) electrons. The second kappa shape index (κ2) is 8.22. The average Bonchev–Trinajstić information content (AvgIpc) is 2.34. The molecule has 94 valence electrons. The molecule has 0 aliphatic rings. The molecule has 0 unspecified atom stereocenters. The molecule has 0 fully saturated rings. The lowest BCUT2D eigenvalue weighted by atomic mass is 10.2. The molecule has 0 aromatic heterocycles. The highest BCUT2D eigenvalue weighted by molar-refractivity contribution is 9.10. The Morgan fingerprint density at radius 3 is 2.65 bits per heavy atom. The number of alkyl halides is 1. The number of hydrogen-bond donors (Lipinski definition) is 1. The van der Waals surface area contributed by atoms with E-state index in [1.807, 2.05) is 30.3 Å². The van der Waals surface area contributed by atoms with Crippen molar-refractivity contribution in [3.63, 3.8) is 0 Å². The molecule has 1 aromatic carbocycles. The lowest BCUT2D eigenvalue weighted by Crippen LogP contribution is -2.13. The number of rotatable bonds is 8. The van der Waals surface area contributed by atoms with Crippen LogP contribution in [0.4, 0.5) is 0 Å². The molecule has 0 saturated heterocycles. The van der Waals surface area contributed by atoms with Crippen molar-refractivity contribution in [3.05, 3.63) is 35.9 Å². The fourth-order valence-corrected chi connectivity index (χ4v) is 1.51. The fraction of sp³-hybridized carbons (Fsp3) is 0.417. The molecule has 17 heavy (non-hydrogen) atoms. The predicted octanol–water partition coefficient (Wildman–Crippen LogP) is 2.76. The molecule has 0 bridgehead atoms. The van der Waals surface area contributed by atoms with E-state index in [2.05, 4.69) is 15.9 Å². The van der Waals surface area contributed by atoms with Crippen LogP contribution in [0.15, 0.2) is 30.3 Å². The van der Waals surface area contributed by atoms with E-state index >= 15 is 0 Å². The van der Waals surface area contributed by atoms with Gasteiger partial charge in [0.1, 0.15) is 11.4 Å². The Morgan fingerprint density at radius 1 is 1.29 bits per heavy atom. The van der Waals surface area contributed by atoms with E-state index < -0.39 is 10.8 Å². The van der Waals surface area contributed by atoms with Gasteiger partial charge in [0.25, 0.3) is 0 Å². The number of aliphatic carboxylic acids is 1. The lowest BCUT2D eigenvalue weighted by molar-refractivity contribution is -0.304. The number of benzene rings is 1. The highest BCUT2D eigenvalue weighted by Crippen LogP contribution is 2.08. The maximum Gasteiger partial charge on any atom is 0.317 e. The van der Waals surface area contributed by atoms with Crippen LogP contribution in [0.25, 0.3) is 0 Å². The minimum Gasteiger partial charge on any atom is -0.480 e. The molecule has 0 aliphatic carbocycles. The summed E-state index contributed by atoms with van der Waals surface area (Å²) in [5.74, 6) is -0.852. The largest absolute Gasteiger partial charge is 0.480 e. The Labute approximate surface area is 109 Å². The highest BCUT2D eigenvalue weighted by atomic mass is 79.9. The Hall–Kier alpha value is -0.910. The molecule has 4 nitrogen and oxygen atoms in total. The van der Waals surface area contributed by atoms with Crippen molar-refractivity contribution < 1.29 is 19.7 Å². The van der Waals surface area contributed by atoms with Crippen molar-refractivity contribution >= 4 is 21.9 Å². The molecule has 1 N–H and O–H groups in total. The highest BCUT2D eigenvalue weighted by Gasteiger charge is 2.11. The minimum atomic E-state index is -0.852. The summed E-state index contributed by atoms with van der Waals surface area (Å²) in [7, 11) is 0. The molecule has 0 spiro atoms. The van der Waals surface area contributed by atoms with Crippen LogP contribution >= 0.6 is 15.9 Å². The zero-order valence-corrected chi connectivity index (χ0v) is 10.9. The van der Waals surface area contributed by atoms with E-state index in [9.17, 15) is 4.79 Å². The van der Waals surface area contributed by atoms with Gasteiger partial charge < -0.3 is 5.11 Å². The number of halogens is 1. The number of carboxylic acids is 1. The molecule has 1 rings (SSSR count). The van der Waals surface area contributed by atoms with Crippen molar-refractivity contribution in [2.24, 2.45) is 0 Å². The molecule has 1 atom stereocenters. The Morgan fingerprint density at radius 2 is 2.00 bits per heavy atom. The fourth-order valence-electron chi connectivity index (χ4n) is 1.19. The summed E-state index contributed by atoms with van der Waals surface area (Å²) in [4.78, 5) is 19.9. The van der Waals surface area contributed by atoms with Gasteiger partial charge in [-0.05, 0) is 18.4 Å². The van der Waals surface area contributed by atoms with E-state index in [0.29, 0.717) is 26.1 Å². The van der Waals surface area contributed by atoms with Crippen LogP contribution in [-0.2, 0) is 21.2 Å². The van der Waals surface area contributed by atoms with Crippen molar-refractivity contribution in [2.75, 3.05) is 6.61 Å². The summed E-state index contributed by atoms with van der Waals surface area (Å²) in [5, 5.41) is 8.61. The van der Waals surface area contributed by atoms with E-state index in [4.69, 9.17) is 14.9 Å². The standard InChI is InChI=1S/C12H15BrO4/c13-11(12(14)15)7-4-8-16-17-9-10-5-2-1-3-6-10/h1-3,5-6,11H,4,7-9H2,(H,14,15)/t11-/m0/s1. The lowest BCUT2D eigenvalue weighted by Gasteiger charge is -2.05. The van der Waals surface area contributed by atoms with Gasteiger partial charge in [0, 0.05) is 0 Å². The Balaban J connectivity index is 2.00. The summed E-state index contributed by atoms with van der Waals surface area (Å²) >= 11 is 3.05. The van der Waals surface area contributed by atoms with Gasteiger partial charge in [0.05, 0.1) is 6.61 Å². The third-order valence-corrected chi connectivity index (χ3v) is 2.95. The first-order valence-corrected chi connectivity index (χ1v) is 6.27. The monoisotopic (exact) mass is 302 g/mol. The summed E-state index contributed by atoms with van der Waals surface area (Å²) < 4.78 is 0. The second-order valence-corrected chi connectivity index (χ2v) is 4.62. The van der Waals surface area contributed by atoms with Crippen molar-refractivity contribution in [1.29, 1.82) is 0 Å². The van der Waals surface area contributed by atoms with Crippen LogP contribution in [0.3, 0.4) is 0 Å². The van der Waals surface area contributed by atoms with Crippen LogP contribution in [0.1, 0.15) is 18.4 Å². The van der Waals surface area contributed by atoms with Gasteiger partial charge >= 0.3 is 5.97 Å². The molecule has 0 saturated carbocycles. The summed E-state index contributed by atoms with van der Waals surface area (Å²) in [6.45, 7) is 0.791. The normalized spacial score (nSPS) is 12.3. The molecule has 0 aliphatic heterocycles. The van der Waals surface area contributed by atoms with Crippen LogP contribution in [0.2, 0.25) is 0 Å². The van der Waals surface area contributed by atoms with Gasteiger partial charge in [-0.3, -0.25) is 4.79 Å². The van der Waals surface area contributed by atoms with Crippen LogP contribution < -0.4 is 0 Å². The Kier molecular flexibility index (Phi) is 6.84. The molecular weight excluding hydrogens is 288 g/mol. The zero-order valence-electron chi connectivity index (χ0n) is 9.34. The molecular formula is C12H15BrO4. The average molecular weight is 303 g/mol. The van der Waals surface area contributed by atoms with Gasteiger partial charge in [-0.25, -0.2) is 9.78 Å². The van der Waals surface area contributed by atoms with E-state index in [1.165, 1.54) is 0 Å². The summed E-state index contributed by atoms with van der Waals surface area (Å²) in [6, 6.07) is 9.69. The molecule has 0 heterocycles. The predicted molar refractivity (Wildman–Crippen MR) is 66.8 cm³/mol. The van der Waals surface area contributed by atoms with E-state index in [1.54, 1.807) is 0 Å². The smallest absolute Gasteiger partial charge is 0.317 e. The topological polar surface area (TPSA) is 55.8 Å². The summed E-state index contributed by atoms with van der Waals surface area (Å²) in [6.07, 6.45) is 1.15. The molecule has 5 heteroatoms. The van der Waals surface area contributed by atoms with Crippen molar-refractivity contribution in [3.8, 4) is 0 Å². The number of carbonyl (C=O) groups is 1. The first-order chi connectivity index (χ1) is 8.20. The minimum absolute atomic E-state index is 0.391. The quantitative estimate of drug-likeness (QED) is 0.347. The van der Waals surface area contributed by atoms with E-state index in [0.717, 1.165) is 5.56 Å². The molecule has 1 aromatic rings. The van der Waals surface area contributed by atoms with Crippen LogP contribution in [0.5, 0.6) is 0 Å². The van der Waals surface area contributed by atoms with Crippen molar-refractivity contribution in [2.45, 2.75) is 24.3 Å². The second-order valence-electron chi connectivity index (χ2n) is 3.52. The summed E-state index contributed by atoms with van der Waals surface area (Å²) in [5.41, 5.74) is 1.04. The molecule has 0 amide bonds. The van der Waals surface area contributed by atoms with Gasteiger partial charge in [0.2, 0.25) is 0 Å². The maximum absolute atomic E-state index is 10.5. The first-order valence-electron chi connectivity index (χ1n) is 5.35. The first kappa shape index (κ1) is 14.2. The maximum atomic E-state index is 10.5.